The van der Waals surface area contributed by atoms with Gasteiger partial charge < -0.3 is 5.11 Å². The first-order chi connectivity index (χ1) is 3.79. The first-order valence-corrected chi connectivity index (χ1v) is 2.61. The molecule has 3 heteroatoms. The van der Waals surface area contributed by atoms with Crippen LogP contribution in [0.25, 0.3) is 0 Å². The van der Waals surface area contributed by atoms with Gasteiger partial charge in [-0.2, -0.15) is 0 Å². The Morgan fingerprint density at radius 2 is 1.56 bits per heavy atom. The molecule has 1 aromatic rings. The van der Waals surface area contributed by atoms with Crippen LogP contribution in [0.1, 0.15) is 0 Å². The van der Waals surface area contributed by atoms with E-state index in [0.29, 0.717) is 5.02 Å². The van der Waals surface area contributed by atoms with E-state index in [4.69, 9.17) is 16.7 Å². The topological polar surface area (TPSA) is 20.2 Å². The summed E-state index contributed by atoms with van der Waals surface area (Å²) in [6.45, 7) is 0. The van der Waals surface area contributed by atoms with Crippen molar-refractivity contribution in [3.05, 3.63) is 29.3 Å². The fourth-order valence-electron chi connectivity index (χ4n) is 0.441. The summed E-state index contributed by atoms with van der Waals surface area (Å²) in [6.07, 6.45) is 0. The zero-order chi connectivity index (χ0) is 5.98. The molecule has 0 radical (unpaired) electrons. The first kappa shape index (κ1) is 8.83. The van der Waals surface area contributed by atoms with Gasteiger partial charge in [0.25, 0.3) is 0 Å². The maximum atomic E-state index is 8.70. The Hall–Kier alpha value is -0.171. The zero-order valence-electron chi connectivity index (χ0n) is 4.49. The van der Waals surface area contributed by atoms with E-state index in [1.54, 1.807) is 24.3 Å². The van der Waals surface area contributed by atoms with Crippen LogP contribution in [-0.4, -0.2) is 5.11 Å². The van der Waals surface area contributed by atoms with E-state index in [0.717, 1.165) is 0 Å². The number of aromatic hydroxyl groups is 1. The summed E-state index contributed by atoms with van der Waals surface area (Å²) < 4.78 is 0. The molecule has 0 heterocycles. The van der Waals surface area contributed by atoms with Crippen molar-refractivity contribution < 1.29 is 22.2 Å². The summed E-state index contributed by atoms with van der Waals surface area (Å²) in [5.74, 6) is 0.245. The molecule has 0 aromatic heterocycles. The molecule has 0 saturated heterocycles. The Bertz CT molecular complexity index is 152. The van der Waals surface area contributed by atoms with Gasteiger partial charge in [-0.05, 0) is 24.3 Å². The number of hydrogen-bond donors (Lipinski definition) is 1. The summed E-state index contributed by atoms with van der Waals surface area (Å²) in [6, 6.07) is 6.36. The van der Waals surface area contributed by atoms with Gasteiger partial charge in [0.05, 0.1) is 0 Å². The van der Waals surface area contributed by atoms with E-state index in [9.17, 15) is 0 Å². The predicted molar refractivity (Wildman–Crippen MR) is 33.1 cm³/mol. The second kappa shape index (κ2) is 3.78. The second-order valence-electron chi connectivity index (χ2n) is 1.48. The third-order valence-electron chi connectivity index (χ3n) is 0.827. The SMILES string of the molecule is Oc1ccc(Cl)cc1.[Fe]. The van der Waals surface area contributed by atoms with Crippen molar-refractivity contribution in [1.29, 1.82) is 0 Å². The van der Waals surface area contributed by atoms with Crippen molar-refractivity contribution >= 4 is 11.6 Å². The zero-order valence-corrected chi connectivity index (χ0v) is 6.35. The van der Waals surface area contributed by atoms with Crippen LogP contribution in [0.4, 0.5) is 0 Å². The Kier molecular flexibility index (Phi) is 3.71. The van der Waals surface area contributed by atoms with Crippen LogP contribution in [0.15, 0.2) is 24.3 Å². The molecule has 50 valence electrons. The molecule has 0 fully saturated rings. The third-order valence-corrected chi connectivity index (χ3v) is 1.08. The quantitative estimate of drug-likeness (QED) is 0.612. The van der Waals surface area contributed by atoms with Crippen LogP contribution in [0, 0.1) is 0 Å². The molecule has 0 aliphatic rings. The van der Waals surface area contributed by atoms with Crippen LogP contribution in [-0.2, 0) is 17.1 Å². The van der Waals surface area contributed by atoms with E-state index in [2.05, 4.69) is 0 Å². The van der Waals surface area contributed by atoms with Gasteiger partial charge in [-0.3, -0.25) is 0 Å². The molecule has 0 bridgehead atoms. The van der Waals surface area contributed by atoms with Gasteiger partial charge in [0, 0.05) is 22.1 Å². The number of phenols is 1. The molecule has 9 heavy (non-hydrogen) atoms. The van der Waals surface area contributed by atoms with Crippen molar-refractivity contribution in [2.24, 2.45) is 0 Å². The average Bonchev–Trinajstić information content (AvgIpc) is 1.77. The smallest absolute Gasteiger partial charge is 0.115 e. The minimum absolute atomic E-state index is 0. The molecule has 1 rings (SSSR count). The summed E-state index contributed by atoms with van der Waals surface area (Å²) in [7, 11) is 0. The molecule has 0 atom stereocenters. The van der Waals surface area contributed by atoms with Gasteiger partial charge in [0.1, 0.15) is 5.75 Å². The van der Waals surface area contributed by atoms with E-state index in [1.807, 2.05) is 0 Å². The minimum Gasteiger partial charge on any atom is -0.508 e. The molecule has 1 nitrogen and oxygen atoms in total. The number of rotatable bonds is 0. The van der Waals surface area contributed by atoms with Crippen molar-refractivity contribution in [2.75, 3.05) is 0 Å². The van der Waals surface area contributed by atoms with E-state index in [-0.39, 0.29) is 22.8 Å². The van der Waals surface area contributed by atoms with Gasteiger partial charge in [0.15, 0.2) is 0 Å². The average molecular weight is 184 g/mol. The Balaban J connectivity index is 0.000000640. The van der Waals surface area contributed by atoms with Crippen LogP contribution < -0.4 is 0 Å². The third kappa shape index (κ3) is 2.75. The summed E-state index contributed by atoms with van der Waals surface area (Å²) >= 11 is 5.50. The van der Waals surface area contributed by atoms with Crippen LogP contribution in [0.5, 0.6) is 5.75 Å². The van der Waals surface area contributed by atoms with Crippen molar-refractivity contribution in [1.82, 2.24) is 0 Å². The van der Waals surface area contributed by atoms with Crippen LogP contribution >= 0.6 is 11.6 Å². The molecule has 0 saturated carbocycles. The van der Waals surface area contributed by atoms with E-state index >= 15 is 0 Å². The summed E-state index contributed by atoms with van der Waals surface area (Å²) in [5.41, 5.74) is 0. The Morgan fingerprint density at radius 3 is 1.89 bits per heavy atom. The monoisotopic (exact) mass is 184 g/mol. The summed E-state index contributed by atoms with van der Waals surface area (Å²) in [4.78, 5) is 0. The molecule has 0 unspecified atom stereocenters. The van der Waals surface area contributed by atoms with Gasteiger partial charge >= 0.3 is 0 Å². The molecule has 0 amide bonds. The summed E-state index contributed by atoms with van der Waals surface area (Å²) in [5, 5.41) is 9.34. The maximum Gasteiger partial charge on any atom is 0.115 e. The number of benzene rings is 1. The van der Waals surface area contributed by atoms with Gasteiger partial charge in [-0.1, -0.05) is 11.6 Å². The largest absolute Gasteiger partial charge is 0.508 e. The maximum absolute atomic E-state index is 8.70. The first-order valence-electron chi connectivity index (χ1n) is 2.23. The molecule has 0 spiro atoms. The molecular formula is C6H5ClFeO. The van der Waals surface area contributed by atoms with Gasteiger partial charge in [-0.25, -0.2) is 0 Å². The number of halogens is 1. The Labute approximate surface area is 69.1 Å². The standard InChI is InChI=1S/C6H5ClO.Fe/c7-5-1-3-6(8)4-2-5;/h1-4,8H;. The second-order valence-corrected chi connectivity index (χ2v) is 1.91. The molecule has 1 aromatic carbocycles. The molecule has 0 aliphatic carbocycles. The molecular weight excluding hydrogens is 179 g/mol. The predicted octanol–water partition coefficient (Wildman–Crippen LogP) is 2.04. The normalized spacial score (nSPS) is 8.11. The van der Waals surface area contributed by atoms with Crippen LogP contribution in [0.2, 0.25) is 5.02 Å². The molecule has 0 aliphatic heterocycles. The van der Waals surface area contributed by atoms with Gasteiger partial charge in [0.2, 0.25) is 0 Å². The van der Waals surface area contributed by atoms with E-state index < -0.39 is 0 Å². The van der Waals surface area contributed by atoms with Gasteiger partial charge in [-0.15, -0.1) is 0 Å². The molecule has 1 N–H and O–H groups in total. The van der Waals surface area contributed by atoms with Crippen LogP contribution in [0.3, 0.4) is 0 Å². The van der Waals surface area contributed by atoms with Crippen molar-refractivity contribution in [3.63, 3.8) is 0 Å². The van der Waals surface area contributed by atoms with E-state index in [1.165, 1.54) is 0 Å². The fourth-order valence-corrected chi connectivity index (χ4v) is 0.567. The fraction of sp³-hybridized carbons (Fsp3) is 0. The van der Waals surface area contributed by atoms with Crippen molar-refractivity contribution in [3.8, 4) is 5.75 Å². The van der Waals surface area contributed by atoms with Crippen molar-refractivity contribution in [2.45, 2.75) is 0 Å². The Morgan fingerprint density at radius 1 is 1.11 bits per heavy atom. The minimum atomic E-state index is 0. The number of phenolic OH excluding ortho intramolecular Hbond substituents is 1. The number of hydrogen-bond acceptors (Lipinski definition) is 1.